The second-order valence-electron chi connectivity index (χ2n) is 5.83. The van der Waals surface area contributed by atoms with Crippen LogP contribution in [-0.4, -0.2) is 58.9 Å². The maximum absolute atomic E-state index is 6.04. The number of piperazine rings is 1. The Kier molecular flexibility index (Phi) is 6.94. The van der Waals surface area contributed by atoms with Gasteiger partial charge < -0.3 is 15.5 Å². The van der Waals surface area contributed by atoms with Crippen LogP contribution in [0.1, 0.15) is 5.69 Å². The van der Waals surface area contributed by atoms with Crippen molar-refractivity contribution in [1.82, 2.24) is 9.97 Å². The first kappa shape index (κ1) is 19.5. The summed E-state index contributed by atoms with van der Waals surface area (Å²) in [5, 5.41) is 8.23. The molecule has 0 amide bonds. The SMILES string of the molecule is CSC(=N/N=C(/N)c1cncc(N2CCN(c3ccccc3)CC2)n1)SC. The number of rotatable bonds is 4. The van der Waals surface area contributed by atoms with Crippen LogP contribution in [0.3, 0.4) is 0 Å². The minimum atomic E-state index is 0.271. The molecule has 0 spiro atoms. The molecular weight excluding hydrogens is 378 g/mol. The summed E-state index contributed by atoms with van der Waals surface area (Å²) >= 11 is 3.07. The van der Waals surface area contributed by atoms with Crippen LogP contribution < -0.4 is 15.5 Å². The molecule has 142 valence electrons. The fourth-order valence-corrected chi connectivity index (χ4v) is 3.69. The summed E-state index contributed by atoms with van der Waals surface area (Å²) in [7, 11) is 0. The van der Waals surface area contributed by atoms with E-state index in [1.165, 1.54) is 29.2 Å². The molecular formula is C18H23N7S2. The lowest BCUT2D eigenvalue weighted by Crippen LogP contribution is -2.47. The molecule has 3 rings (SSSR count). The Labute approximate surface area is 168 Å². The van der Waals surface area contributed by atoms with Gasteiger partial charge in [0.25, 0.3) is 0 Å². The summed E-state index contributed by atoms with van der Waals surface area (Å²) in [4.78, 5) is 13.5. The first-order chi connectivity index (χ1) is 13.2. The molecule has 1 aliphatic heterocycles. The van der Waals surface area contributed by atoms with E-state index >= 15 is 0 Å². The second-order valence-corrected chi connectivity index (χ2v) is 7.68. The van der Waals surface area contributed by atoms with Crippen molar-refractivity contribution in [3.63, 3.8) is 0 Å². The summed E-state index contributed by atoms with van der Waals surface area (Å²) in [5.41, 5.74) is 7.84. The minimum Gasteiger partial charge on any atom is -0.380 e. The molecule has 0 radical (unpaired) electrons. The molecule has 7 nitrogen and oxygen atoms in total. The van der Waals surface area contributed by atoms with Gasteiger partial charge in [-0.15, -0.1) is 33.7 Å². The van der Waals surface area contributed by atoms with Gasteiger partial charge in [-0.05, 0) is 24.6 Å². The summed E-state index contributed by atoms with van der Waals surface area (Å²) < 4.78 is 0.846. The molecule has 2 aromatic rings. The smallest absolute Gasteiger partial charge is 0.173 e. The van der Waals surface area contributed by atoms with Crippen molar-refractivity contribution >= 4 is 45.2 Å². The van der Waals surface area contributed by atoms with Gasteiger partial charge in [-0.25, -0.2) is 4.98 Å². The van der Waals surface area contributed by atoms with Crippen molar-refractivity contribution in [2.24, 2.45) is 15.9 Å². The van der Waals surface area contributed by atoms with Gasteiger partial charge in [0.2, 0.25) is 0 Å². The van der Waals surface area contributed by atoms with Crippen molar-refractivity contribution in [3.8, 4) is 0 Å². The lowest BCUT2D eigenvalue weighted by molar-refractivity contribution is 0.646. The van der Waals surface area contributed by atoms with Crippen LogP contribution in [0.25, 0.3) is 0 Å². The lowest BCUT2D eigenvalue weighted by Gasteiger charge is -2.36. The van der Waals surface area contributed by atoms with E-state index in [0.29, 0.717) is 5.69 Å². The largest absolute Gasteiger partial charge is 0.380 e. The van der Waals surface area contributed by atoms with Gasteiger partial charge in [0.1, 0.15) is 11.5 Å². The van der Waals surface area contributed by atoms with Crippen molar-refractivity contribution in [2.45, 2.75) is 0 Å². The highest BCUT2D eigenvalue weighted by Crippen LogP contribution is 2.18. The fourth-order valence-electron chi connectivity index (χ4n) is 2.77. The molecule has 0 atom stereocenters. The van der Waals surface area contributed by atoms with E-state index in [9.17, 15) is 0 Å². The number of aromatic nitrogens is 2. The molecule has 2 N–H and O–H groups in total. The van der Waals surface area contributed by atoms with Gasteiger partial charge in [-0.2, -0.15) is 0 Å². The number of hydrogen-bond donors (Lipinski definition) is 1. The molecule has 1 aromatic heterocycles. The van der Waals surface area contributed by atoms with Crippen LogP contribution in [0.5, 0.6) is 0 Å². The molecule has 0 aliphatic carbocycles. The molecule has 1 aliphatic rings. The number of amidine groups is 1. The number of nitrogens with two attached hydrogens (primary N) is 1. The number of para-hydroxylation sites is 1. The lowest BCUT2D eigenvalue weighted by atomic mass is 10.2. The molecule has 1 saturated heterocycles. The first-order valence-corrected chi connectivity index (χ1v) is 11.0. The molecule has 9 heteroatoms. The summed E-state index contributed by atoms with van der Waals surface area (Å²) in [6.45, 7) is 3.64. The Bertz CT molecular complexity index is 796. The Morgan fingerprint density at radius 1 is 0.963 bits per heavy atom. The molecule has 1 fully saturated rings. The first-order valence-electron chi connectivity index (χ1n) is 8.57. The zero-order valence-corrected chi connectivity index (χ0v) is 17.1. The average molecular weight is 402 g/mol. The van der Waals surface area contributed by atoms with Crippen molar-refractivity contribution in [1.29, 1.82) is 0 Å². The summed E-state index contributed by atoms with van der Waals surface area (Å²) in [6, 6.07) is 10.5. The molecule has 1 aromatic carbocycles. The van der Waals surface area contributed by atoms with Crippen molar-refractivity contribution < 1.29 is 0 Å². The van der Waals surface area contributed by atoms with E-state index in [-0.39, 0.29) is 5.84 Å². The number of hydrogen-bond acceptors (Lipinski definition) is 8. The third kappa shape index (κ3) is 5.14. The van der Waals surface area contributed by atoms with E-state index in [2.05, 4.69) is 54.2 Å². The third-order valence-electron chi connectivity index (χ3n) is 4.20. The quantitative estimate of drug-likeness (QED) is 0.479. The van der Waals surface area contributed by atoms with Crippen LogP contribution in [0, 0.1) is 0 Å². The highest BCUT2D eigenvalue weighted by molar-refractivity contribution is 8.38. The highest BCUT2D eigenvalue weighted by atomic mass is 32.2. The maximum Gasteiger partial charge on any atom is 0.173 e. The van der Waals surface area contributed by atoms with Crippen LogP contribution in [-0.2, 0) is 0 Å². The van der Waals surface area contributed by atoms with E-state index in [1.807, 2.05) is 18.6 Å². The Morgan fingerprint density at radius 2 is 1.63 bits per heavy atom. The maximum atomic E-state index is 6.04. The Balaban J connectivity index is 1.68. The standard InChI is InChI=1S/C18H23N7S2/c1-26-18(27-2)23-22-17(19)15-12-20-13-16(21-15)25-10-8-24(9-11-25)14-6-4-3-5-7-14/h3-7,12-13H,8-11H2,1-2H3,(H2,19,22). The molecule has 27 heavy (non-hydrogen) atoms. The Morgan fingerprint density at radius 3 is 2.30 bits per heavy atom. The van der Waals surface area contributed by atoms with Gasteiger partial charge in [0.05, 0.1) is 12.4 Å². The second kappa shape index (κ2) is 9.61. The van der Waals surface area contributed by atoms with Crippen LogP contribution in [0.2, 0.25) is 0 Å². The van der Waals surface area contributed by atoms with Gasteiger partial charge in [-0.1, -0.05) is 18.2 Å². The average Bonchev–Trinajstić information content (AvgIpc) is 2.75. The van der Waals surface area contributed by atoms with E-state index < -0.39 is 0 Å². The molecule has 0 bridgehead atoms. The van der Waals surface area contributed by atoms with E-state index in [1.54, 1.807) is 12.4 Å². The van der Waals surface area contributed by atoms with Gasteiger partial charge in [-0.3, -0.25) is 4.98 Å². The topological polar surface area (TPSA) is 83.0 Å². The zero-order valence-electron chi connectivity index (χ0n) is 15.4. The van der Waals surface area contributed by atoms with Gasteiger partial charge in [0.15, 0.2) is 10.2 Å². The number of anilines is 2. The number of nitrogens with zero attached hydrogens (tertiary/aromatic N) is 6. The fraction of sp³-hybridized carbons (Fsp3) is 0.333. The van der Waals surface area contributed by atoms with Crippen molar-refractivity contribution in [2.75, 3.05) is 48.5 Å². The highest BCUT2D eigenvalue weighted by Gasteiger charge is 2.19. The molecule has 0 unspecified atom stereocenters. The van der Waals surface area contributed by atoms with E-state index in [0.717, 1.165) is 36.4 Å². The molecule has 2 heterocycles. The van der Waals surface area contributed by atoms with Crippen molar-refractivity contribution in [3.05, 3.63) is 48.4 Å². The minimum absolute atomic E-state index is 0.271. The van der Waals surface area contributed by atoms with Gasteiger partial charge in [0, 0.05) is 31.9 Å². The van der Waals surface area contributed by atoms with Crippen LogP contribution >= 0.6 is 23.5 Å². The number of benzene rings is 1. The predicted molar refractivity (Wildman–Crippen MR) is 118 cm³/mol. The monoisotopic (exact) mass is 401 g/mol. The van der Waals surface area contributed by atoms with Crippen LogP contribution in [0.4, 0.5) is 11.5 Å². The predicted octanol–water partition coefficient (Wildman–Crippen LogP) is 2.51. The zero-order chi connectivity index (χ0) is 19.1. The third-order valence-corrected chi connectivity index (χ3v) is 6.06. The van der Waals surface area contributed by atoms with Gasteiger partial charge >= 0.3 is 0 Å². The van der Waals surface area contributed by atoms with E-state index in [4.69, 9.17) is 5.73 Å². The van der Waals surface area contributed by atoms with Crippen LogP contribution in [0.15, 0.2) is 52.9 Å². The number of thioether (sulfide) groups is 2. The normalized spacial score (nSPS) is 15.0. The summed E-state index contributed by atoms with van der Waals surface area (Å²) in [6.07, 6.45) is 7.30. The molecule has 0 saturated carbocycles. The summed E-state index contributed by atoms with van der Waals surface area (Å²) in [5.74, 6) is 1.09. The Hall–Kier alpha value is -2.26.